The van der Waals surface area contributed by atoms with Crippen LogP contribution in [0.2, 0.25) is 5.02 Å². The Morgan fingerprint density at radius 2 is 2.00 bits per heavy atom. The van der Waals surface area contributed by atoms with Gasteiger partial charge in [-0.3, -0.25) is 9.59 Å². The summed E-state index contributed by atoms with van der Waals surface area (Å²) in [7, 11) is 1.57. The summed E-state index contributed by atoms with van der Waals surface area (Å²) in [4.78, 5) is 29.5. The van der Waals surface area contributed by atoms with Gasteiger partial charge in [0.2, 0.25) is 5.82 Å². The molecule has 0 aliphatic carbocycles. The number of hydrogen-bond acceptors (Lipinski definition) is 7. The number of nitrogens with zero attached hydrogens (tertiary/aromatic N) is 3. The molecule has 0 unspecified atom stereocenters. The van der Waals surface area contributed by atoms with Crippen molar-refractivity contribution in [1.29, 1.82) is 0 Å². The first-order valence-electron chi connectivity index (χ1n) is 10.9. The van der Waals surface area contributed by atoms with Gasteiger partial charge in [-0.05, 0) is 58.4 Å². The second-order valence-corrected chi connectivity index (χ2v) is 9.15. The van der Waals surface area contributed by atoms with E-state index in [2.05, 4.69) is 26.0 Å². The highest BCUT2D eigenvalue weighted by Crippen LogP contribution is 2.34. The normalized spacial score (nSPS) is 11.4. The third-order valence-electron chi connectivity index (χ3n) is 5.42. The first-order valence-corrected chi connectivity index (χ1v) is 12.1. The second-order valence-electron chi connectivity index (χ2n) is 7.86. The maximum Gasteiger partial charge on any atom is 0.282 e. The Labute approximate surface area is 223 Å². The van der Waals surface area contributed by atoms with Crippen molar-refractivity contribution in [3.8, 4) is 23.1 Å². The summed E-state index contributed by atoms with van der Waals surface area (Å²) in [5, 5.41) is 5.91. The first-order chi connectivity index (χ1) is 17.9. The van der Waals surface area contributed by atoms with Crippen molar-refractivity contribution in [1.82, 2.24) is 9.66 Å². The Morgan fingerprint density at radius 3 is 2.78 bits per heavy atom. The maximum absolute atomic E-state index is 13.5. The number of amides is 1. The van der Waals surface area contributed by atoms with Gasteiger partial charge in [-0.15, -0.1) is 0 Å². The van der Waals surface area contributed by atoms with Crippen LogP contribution >= 0.6 is 27.5 Å². The zero-order chi connectivity index (χ0) is 26.1. The molecule has 0 spiro atoms. The van der Waals surface area contributed by atoms with Gasteiger partial charge in [-0.25, -0.2) is 4.98 Å². The zero-order valence-electron chi connectivity index (χ0n) is 19.3. The number of ether oxygens (including phenoxy) is 2. The molecule has 0 atom stereocenters. The van der Waals surface area contributed by atoms with E-state index in [9.17, 15) is 9.59 Å². The van der Waals surface area contributed by atoms with Crippen molar-refractivity contribution in [2.45, 2.75) is 0 Å². The van der Waals surface area contributed by atoms with Gasteiger partial charge in [0, 0.05) is 10.6 Å². The summed E-state index contributed by atoms with van der Waals surface area (Å²) in [6.07, 6.45) is 1.39. The summed E-state index contributed by atoms with van der Waals surface area (Å²) in [6.45, 7) is -0.357. The fourth-order valence-electron chi connectivity index (χ4n) is 3.80. The predicted molar refractivity (Wildman–Crippen MR) is 145 cm³/mol. The van der Waals surface area contributed by atoms with Crippen molar-refractivity contribution >= 4 is 61.5 Å². The number of methoxy groups -OCH3 is 1. The van der Waals surface area contributed by atoms with E-state index in [4.69, 9.17) is 31.2 Å². The predicted octanol–water partition coefficient (Wildman–Crippen LogP) is 4.98. The van der Waals surface area contributed by atoms with Gasteiger partial charge in [0.05, 0.1) is 34.1 Å². The zero-order valence-corrected chi connectivity index (χ0v) is 21.6. The number of aromatic nitrogens is 2. The number of carbonyl (C=O) groups excluding carboxylic acids is 1. The number of fused-ring (bicyclic) bond motifs is 2. The smallest absolute Gasteiger partial charge is 0.282 e. The van der Waals surface area contributed by atoms with E-state index < -0.39 is 11.5 Å². The van der Waals surface area contributed by atoms with E-state index in [0.29, 0.717) is 43.1 Å². The Kier molecular flexibility index (Phi) is 6.68. The number of para-hydroxylation sites is 1. The summed E-state index contributed by atoms with van der Waals surface area (Å²) in [5.41, 5.74) is 6.27. The van der Waals surface area contributed by atoms with E-state index in [1.54, 1.807) is 61.7 Å². The Hall–Kier alpha value is -4.15. The summed E-state index contributed by atoms with van der Waals surface area (Å²) in [5.74, 6) is 0.743. The molecular weight excluding hydrogens is 564 g/mol. The third-order valence-corrected chi connectivity index (χ3v) is 6.23. The lowest BCUT2D eigenvalue weighted by Crippen LogP contribution is -2.21. The van der Waals surface area contributed by atoms with Gasteiger partial charge < -0.3 is 19.6 Å². The lowest BCUT2D eigenvalue weighted by molar-refractivity contribution is -0.119. The summed E-state index contributed by atoms with van der Waals surface area (Å²) < 4.78 is 18.6. The quantitative estimate of drug-likeness (QED) is 0.271. The van der Waals surface area contributed by atoms with Crippen molar-refractivity contribution in [3.05, 3.63) is 86.1 Å². The molecule has 2 N–H and O–H groups in total. The average Bonchev–Trinajstić information content (AvgIpc) is 3.31. The molecule has 9 nitrogen and oxygen atoms in total. The van der Waals surface area contributed by atoms with Crippen LogP contribution in [0.5, 0.6) is 11.5 Å². The van der Waals surface area contributed by atoms with E-state index in [0.717, 1.165) is 10.1 Å². The van der Waals surface area contributed by atoms with Gasteiger partial charge in [-0.2, -0.15) is 9.78 Å². The highest BCUT2D eigenvalue weighted by Gasteiger charge is 2.18. The van der Waals surface area contributed by atoms with Gasteiger partial charge in [0.15, 0.2) is 12.4 Å². The molecule has 37 heavy (non-hydrogen) atoms. The lowest BCUT2D eigenvalue weighted by Gasteiger charge is -2.11. The molecule has 0 aliphatic rings. The Morgan fingerprint density at radius 1 is 1.19 bits per heavy atom. The third kappa shape index (κ3) is 4.81. The number of nitrogens with two attached hydrogens (primary N) is 1. The molecule has 0 fully saturated rings. The van der Waals surface area contributed by atoms with Gasteiger partial charge in [0.1, 0.15) is 17.1 Å². The minimum absolute atomic E-state index is 0.180. The SMILES string of the molecule is COc1cccc2oc(-c3nc4ccccc4c(=O)n3N=Cc3cc(Cl)cc(Br)c3OCC(N)=O)cc12. The van der Waals surface area contributed by atoms with Gasteiger partial charge in [-0.1, -0.05) is 29.8 Å². The molecule has 2 aromatic heterocycles. The van der Waals surface area contributed by atoms with Crippen LogP contribution in [0, 0.1) is 0 Å². The fourth-order valence-corrected chi connectivity index (χ4v) is 4.75. The van der Waals surface area contributed by atoms with E-state index in [-0.39, 0.29) is 18.2 Å². The highest BCUT2D eigenvalue weighted by atomic mass is 79.9. The van der Waals surface area contributed by atoms with Gasteiger partial charge >= 0.3 is 0 Å². The van der Waals surface area contributed by atoms with E-state index in [1.165, 1.54) is 6.21 Å². The molecule has 5 aromatic rings. The minimum Gasteiger partial charge on any atom is -0.496 e. The number of carbonyl (C=O) groups is 1. The molecule has 2 heterocycles. The van der Waals surface area contributed by atoms with E-state index >= 15 is 0 Å². The molecule has 3 aromatic carbocycles. The molecule has 0 radical (unpaired) electrons. The number of hydrogen-bond donors (Lipinski definition) is 1. The molecule has 5 rings (SSSR count). The fraction of sp³-hybridized carbons (Fsp3) is 0.0769. The summed E-state index contributed by atoms with van der Waals surface area (Å²) >= 11 is 9.60. The molecule has 0 saturated heterocycles. The van der Waals surface area contributed by atoms with Crippen LogP contribution in [-0.2, 0) is 4.79 Å². The molecule has 1 amide bonds. The molecule has 186 valence electrons. The van der Waals surface area contributed by atoms with Crippen LogP contribution in [0.4, 0.5) is 0 Å². The molecular formula is C26H18BrClN4O5. The van der Waals surface area contributed by atoms with E-state index in [1.807, 2.05) is 6.07 Å². The van der Waals surface area contributed by atoms with Crippen LogP contribution in [0.25, 0.3) is 33.5 Å². The van der Waals surface area contributed by atoms with Crippen LogP contribution in [0.1, 0.15) is 5.56 Å². The van der Waals surface area contributed by atoms with Gasteiger partial charge in [0.25, 0.3) is 11.5 Å². The molecule has 11 heteroatoms. The lowest BCUT2D eigenvalue weighted by atomic mass is 10.2. The average molecular weight is 582 g/mol. The van der Waals surface area contributed by atoms with Crippen molar-refractivity contribution in [2.24, 2.45) is 10.8 Å². The topological polar surface area (TPSA) is 122 Å². The largest absolute Gasteiger partial charge is 0.496 e. The number of furan rings is 1. The Balaban J connectivity index is 1.71. The number of rotatable bonds is 7. The van der Waals surface area contributed by atoms with Crippen LogP contribution in [0.3, 0.4) is 0 Å². The number of benzene rings is 3. The molecule has 0 bridgehead atoms. The minimum atomic E-state index is -0.651. The molecule has 0 saturated carbocycles. The maximum atomic E-state index is 13.5. The Bertz CT molecular complexity index is 1760. The van der Waals surface area contributed by atoms with Crippen LogP contribution in [-0.4, -0.2) is 35.5 Å². The summed E-state index contributed by atoms with van der Waals surface area (Å²) in [6, 6.07) is 17.3. The van der Waals surface area contributed by atoms with Crippen molar-refractivity contribution < 1.29 is 18.7 Å². The van der Waals surface area contributed by atoms with Crippen molar-refractivity contribution in [3.63, 3.8) is 0 Å². The standard InChI is InChI=1S/C26H18BrClN4O5/c1-35-20-7-4-8-21-17(20)11-22(37-21)25-31-19-6-3-2-5-16(19)26(34)32(25)30-12-14-9-15(28)10-18(27)24(14)36-13-23(29)33/h2-12H,13H2,1H3,(H2,29,33). The first kappa shape index (κ1) is 24.5. The highest BCUT2D eigenvalue weighted by molar-refractivity contribution is 9.10. The second kappa shape index (κ2) is 10.1. The van der Waals surface area contributed by atoms with Crippen LogP contribution < -0.4 is 20.8 Å². The molecule has 0 aliphatic heterocycles. The number of primary amides is 1. The number of halogens is 2. The van der Waals surface area contributed by atoms with Crippen LogP contribution in [0.15, 0.2) is 79.4 Å². The monoisotopic (exact) mass is 580 g/mol. The van der Waals surface area contributed by atoms with Crippen molar-refractivity contribution in [2.75, 3.05) is 13.7 Å².